The highest BCUT2D eigenvalue weighted by atomic mass is 16.4. The van der Waals surface area contributed by atoms with Gasteiger partial charge in [-0.2, -0.15) is 0 Å². The molecule has 0 heterocycles. The van der Waals surface area contributed by atoms with Gasteiger partial charge in [0.25, 0.3) is 6.47 Å². The number of aliphatic hydroxyl groups is 6. The Hall–Kier alpha value is -0.770. The highest BCUT2D eigenvalue weighted by molar-refractivity contribution is 5.32. The largest absolute Gasteiger partial charge is 0.483 e. The van der Waals surface area contributed by atoms with Crippen LogP contribution < -0.4 is 0 Å². The van der Waals surface area contributed by atoms with Crippen LogP contribution in [0.25, 0.3) is 0 Å². The molecule has 92 valence electrons. The summed E-state index contributed by atoms with van der Waals surface area (Å²) in [7, 11) is 0. The molecular weight excluding hydrogens is 212 g/mol. The molecule has 8 nitrogen and oxygen atoms in total. The van der Waals surface area contributed by atoms with Crippen molar-refractivity contribution in [3.05, 3.63) is 0 Å². The van der Waals surface area contributed by atoms with Crippen molar-refractivity contribution in [1.82, 2.24) is 0 Å². The molecule has 0 aromatic heterocycles. The van der Waals surface area contributed by atoms with Gasteiger partial charge in [-0.05, 0) is 0 Å². The number of hydrogen-bond donors (Lipinski definition) is 7. The van der Waals surface area contributed by atoms with Gasteiger partial charge in [0.05, 0.1) is 13.2 Å². The quantitative estimate of drug-likeness (QED) is 0.235. The smallest absolute Gasteiger partial charge is 0.290 e. The molecule has 0 rings (SSSR count). The van der Waals surface area contributed by atoms with Gasteiger partial charge in [0.1, 0.15) is 24.4 Å². The van der Waals surface area contributed by atoms with Crippen molar-refractivity contribution in [2.75, 3.05) is 13.2 Å². The lowest BCUT2D eigenvalue weighted by Crippen LogP contribution is -2.46. The monoisotopic (exact) mass is 228 g/mol. The number of carbonyl (C=O) groups is 1. The number of rotatable bonds is 5. The van der Waals surface area contributed by atoms with Crippen molar-refractivity contribution in [1.29, 1.82) is 0 Å². The summed E-state index contributed by atoms with van der Waals surface area (Å²) in [6.45, 7) is -1.70. The first-order valence-corrected chi connectivity index (χ1v) is 3.98. The van der Waals surface area contributed by atoms with E-state index in [0.717, 1.165) is 0 Å². The van der Waals surface area contributed by atoms with Gasteiger partial charge in [0.15, 0.2) is 0 Å². The van der Waals surface area contributed by atoms with Gasteiger partial charge < -0.3 is 35.7 Å². The van der Waals surface area contributed by atoms with Gasteiger partial charge in [-0.25, -0.2) is 0 Å². The SMILES string of the molecule is O=CO.OC[C@@H](O)[C@@H](O)[C@H](O)[C@H](O)CO. The Morgan fingerprint density at radius 1 is 0.867 bits per heavy atom. The zero-order valence-corrected chi connectivity index (χ0v) is 7.84. The summed E-state index contributed by atoms with van der Waals surface area (Å²) < 4.78 is 0. The lowest BCUT2D eigenvalue weighted by atomic mass is 10.0. The van der Waals surface area contributed by atoms with Crippen molar-refractivity contribution < 1.29 is 40.5 Å². The minimum atomic E-state index is -1.67. The molecule has 0 saturated carbocycles. The van der Waals surface area contributed by atoms with E-state index in [1.807, 2.05) is 0 Å². The summed E-state index contributed by atoms with van der Waals surface area (Å²) in [5.74, 6) is 0. The van der Waals surface area contributed by atoms with Gasteiger partial charge in [-0.3, -0.25) is 4.79 Å². The van der Waals surface area contributed by atoms with Gasteiger partial charge in [0, 0.05) is 0 Å². The molecule has 4 atom stereocenters. The van der Waals surface area contributed by atoms with Crippen LogP contribution in [0.15, 0.2) is 0 Å². The Bertz CT molecular complexity index is 138. The van der Waals surface area contributed by atoms with Crippen molar-refractivity contribution in [2.24, 2.45) is 0 Å². The van der Waals surface area contributed by atoms with E-state index in [9.17, 15) is 0 Å². The first-order valence-electron chi connectivity index (χ1n) is 3.98. The molecule has 0 fully saturated rings. The molecule has 7 N–H and O–H groups in total. The van der Waals surface area contributed by atoms with E-state index in [2.05, 4.69) is 0 Å². The lowest BCUT2D eigenvalue weighted by molar-refractivity contribution is -0.123. The fourth-order valence-electron chi connectivity index (χ4n) is 0.671. The minimum absolute atomic E-state index is 0.250. The van der Waals surface area contributed by atoms with E-state index < -0.39 is 37.6 Å². The zero-order chi connectivity index (χ0) is 12.4. The van der Waals surface area contributed by atoms with Crippen LogP contribution in [0, 0.1) is 0 Å². The topological polar surface area (TPSA) is 159 Å². The van der Waals surface area contributed by atoms with Crippen molar-refractivity contribution in [3.63, 3.8) is 0 Å². The maximum absolute atomic E-state index is 8.96. The molecule has 0 aliphatic carbocycles. The van der Waals surface area contributed by atoms with Crippen molar-refractivity contribution in [2.45, 2.75) is 24.4 Å². The van der Waals surface area contributed by atoms with Crippen LogP contribution in [0.5, 0.6) is 0 Å². The highest BCUT2D eigenvalue weighted by Crippen LogP contribution is 2.03. The number of hydrogen-bond acceptors (Lipinski definition) is 7. The lowest BCUT2D eigenvalue weighted by Gasteiger charge is -2.24. The summed E-state index contributed by atoms with van der Waals surface area (Å²) in [5, 5.41) is 59.1. The van der Waals surface area contributed by atoms with Crippen molar-refractivity contribution >= 4 is 6.47 Å². The predicted molar refractivity (Wildman–Crippen MR) is 46.9 cm³/mol. The third-order valence-electron chi connectivity index (χ3n) is 1.51. The number of aliphatic hydroxyl groups excluding tert-OH is 6. The molecule has 0 aromatic rings. The third kappa shape index (κ3) is 7.19. The van der Waals surface area contributed by atoms with E-state index in [4.69, 9.17) is 40.5 Å². The minimum Gasteiger partial charge on any atom is -0.483 e. The van der Waals surface area contributed by atoms with E-state index in [-0.39, 0.29) is 6.47 Å². The normalized spacial score (nSPS) is 18.0. The average molecular weight is 228 g/mol. The Labute approximate surface area is 85.7 Å². The second-order valence-corrected chi connectivity index (χ2v) is 2.59. The summed E-state index contributed by atoms with van der Waals surface area (Å²) >= 11 is 0. The Balaban J connectivity index is 0. The summed E-state index contributed by atoms with van der Waals surface area (Å²) in [4.78, 5) is 8.36. The molecule has 8 heteroatoms. The maximum atomic E-state index is 8.96. The van der Waals surface area contributed by atoms with Crippen LogP contribution in [0.4, 0.5) is 0 Å². The van der Waals surface area contributed by atoms with Gasteiger partial charge in [0.2, 0.25) is 0 Å². The third-order valence-corrected chi connectivity index (χ3v) is 1.51. The second kappa shape index (κ2) is 9.77. The summed E-state index contributed by atoms with van der Waals surface area (Å²) in [5.41, 5.74) is 0. The van der Waals surface area contributed by atoms with Crippen LogP contribution in [0.1, 0.15) is 0 Å². The van der Waals surface area contributed by atoms with E-state index in [0.29, 0.717) is 0 Å². The van der Waals surface area contributed by atoms with Crippen LogP contribution in [-0.2, 0) is 4.79 Å². The van der Waals surface area contributed by atoms with Crippen molar-refractivity contribution in [3.8, 4) is 0 Å². The molecule has 0 aliphatic heterocycles. The second-order valence-electron chi connectivity index (χ2n) is 2.59. The Morgan fingerprint density at radius 3 is 1.20 bits per heavy atom. The fourth-order valence-corrected chi connectivity index (χ4v) is 0.671. The first kappa shape index (κ1) is 16.7. The number of carboxylic acid groups (broad SMARTS) is 1. The molecule has 0 radical (unpaired) electrons. The van der Waals surface area contributed by atoms with E-state index in [1.165, 1.54) is 0 Å². The van der Waals surface area contributed by atoms with E-state index in [1.54, 1.807) is 0 Å². The van der Waals surface area contributed by atoms with Gasteiger partial charge in [-0.15, -0.1) is 0 Å². The fraction of sp³-hybridized carbons (Fsp3) is 0.857. The molecular formula is C7H16O8. The average Bonchev–Trinajstić information content (AvgIpc) is 2.25. The first-order chi connectivity index (χ1) is 6.95. The predicted octanol–water partition coefficient (Wildman–Crippen LogP) is -3.88. The Morgan fingerprint density at radius 2 is 1.07 bits per heavy atom. The maximum Gasteiger partial charge on any atom is 0.290 e. The molecule has 0 aliphatic rings. The van der Waals surface area contributed by atoms with Crippen LogP contribution in [0.3, 0.4) is 0 Å². The highest BCUT2D eigenvalue weighted by Gasteiger charge is 2.29. The molecule has 0 amide bonds. The molecule has 0 bridgehead atoms. The molecule has 0 saturated heterocycles. The molecule has 0 spiro atoms. The van der Waals surface area contributed by atoms with Gasteiger partial charge in [-0.1, -0.05) is 0 Å². The van der Waals surface area contributed by atoms with Crippen LogP contribution in [-0.4, -0.2) is 79.8 Å². The standard InChI is InChI=1S/C6H14O6.CH2O2/c7-1-3(9)5(11)6(12)4(10)2-8;2-1-3/h3-12H,1-2H2;1H,(H,2,3)/t3-,4-,5-,6-;/m1./s1. The van der Waals surface area contributed by atoms with E-state index >= 15 is 0 Å². The summed E-state index contributed by atoms with van der Waals surface area (Å²) in [6.07, 6.45) is -6.39. The molecule has 15 heavy (non-hydrogen) atoms. The summed E-state index contributed by atoms with van der Waals surface area (Å²) in [6, 6.07) is 0. The zero-order valence-electron chi connectivity index (χ0n) is 7.84. The molecule has 0 unspecified atom stereocenters. The Kier molecular flexibility index (Phi) is 10.8. The van der Waals surface area contributed by atoms with Crippen LogP contribution >= 0.6 is 0 Å². The van der Waals surface area contributed by atoms with Gasteiger partial charge >= 0.3 is 0 Å². The molecule has 0 aromatic carbocycles. The van der Waals surface area contributed by atoms with Crippen LogP contribution in [0.2, 0.25) is 0 Å².